The van der Waals surface area contributed by atoms with E-state index in [0.717, 1.165) is 31.2 Å². The first-order valence-electron chi connectivity index (χ1n) is 5.39. The van der Waals surface area contributed by atoms with E-state index in [1.807, 2.05) is 18.5 Å². The van der Waals surface area contributed by atoms with E-state index in [1.54, 1.807) is 0 Å². The predicted octanol–water partition coefficient (Wildman–Crippen LogP) is 0.640. The summed E-state index contributed by atoms with van der Waals surface area (Å²) in [6.07, 6.45) is 1.16. The van der Waals surface area contributed by atoms with Gasteiger partial charge in [0.05, 0.1) is 6.61 Å². The molecule has 0 aliphatic carbocycles. The number of nitrogens with zero attached hydrogens (tertiary/aromatic N) is 3. The summed E-state index contributed by atoms with van der Waals surface area (Å²) in [6.45, 7) is 7.27. The van der Waals surface area contributed by atoms with Gasteiger partial charge in [-0.1, -0.05) is 6.92 Å². The van der Waals surface area contributed by atoms with Gasteiger partial charge in [0.15, 0.2) is 5.82 Å². The highest BCUT2D eigenvalue weighted by Gasteiger charge is 2.03. The maximum atomic E-state index is 5.47. The molecule has 15 heavy (non-hydrogen) atoms. The molecule has 0 atom stereocenters. The first-order valence-corrected chi connectivity index (χ1v) is 5.39. The second-order valence-electron chi connectivity index (χ2n) is 3.53. The van der Waals surface area contributed by atoms with E-state index >= 15 is 0 Å². The molecule has 1 heterocycles. The molecule has 0 saturated carbocycles. The van der Waals surface area contributed by atoms with Gasteiger partial charge >= 0.3 is 0 Å². The molecular formula is C10H20N4O. The number of nitrogens with one attached hydrogen (secondary N) is 1. The molecule has 0 unspecified atom stereocenters. The molecule has 1 N–H and O–H groups in total. The standard InChI is InChI=1S/C10H20N4O/c1-4-5-11-6-7-15-8-10-13-12-9(2)14(10)3/h11H,4-8H2,1-3H3. The van der Waals surface area contributed by atoms with Crippen LogP contribution in [0.25, 0.3) is 0 Å². The fraction of sp³-hybridized carbons (Fsp3) is 0.800. The average Bonchev–Trinajstić information content (AvgIpc) is 2.54. The van der Waals surface area contributed by atoms with E-state index in [1.165, 1.54) is 0 Å². The molecule has 0 radical (unpaired) electrons. The lowest BCUT2D eigenvalue weighted by Gasteiger charge is -2.05. The smallest absolute Gasteiger partial charge is 0.158 e. The minimum atomic E-state index is 0.533. The van der Waals surface area contributed by atoms with Crippen LogP contribution in [0, 0.1) is 6.92 Å². The number of aromatic nitrogens is 3. The molecule has 5 heteroatoms. The first kappa shape index (κ1) is 12.1. The largest absolute Gasteiger partial charge is 0.372 e. The van der Waals surface area contributed by atoms with Crippen LogP contribution in [0.4, 0.5) is 0 Å². The monoisotopic (exact) mass is 212 g/mol. The Morgan fingerprint density at radius 3 is 2.73 bits per heavy atom. The Balaban J connectivity index is 2.12. The number of hydrogen-bond acceptors (Lipinski definition) is 4. The van der Waals surface area contributed by atoms with Gasteiger partial charge in [-0.15, -0.1) is 10.2 Å². The van der Waals surface area contributed by atoms with Crippen molar-refractivity contribution in [1.29, 1.82) is 0 Å². The summed E-state index contributed by atoms with van der Waals surface area (Å²) in [6, 6.07) is 0. The lowest BCUT2D eigenvalue weighted by Crippen LogP contribution is -2.20. The molecule has 0 spiro atoms. The van der Waals surface area contributed by atoms with E-state index in [2.05, 4.69) is 22.4 Å². The van der Waals surface area contributed by atoms with Crippen molar-refractivity contribution < 1.29 is 4.74 Å². The van der Waals surface area contributed by atoms with Gasteiger partial charge in [-0.3, -0.25) is 0 Å². The van der Waals surface area contributed by atoms with Gasteiger partial charge in [-0.05, 0) is 19.9 Å². The van der Waals surface area contributed by atoms with Crippen molar-refractivity contribution in [2.45, 2.75) is 26.9 Å². The second kappa shape index (κ2) is 6.53. The van der Waals surface area contributed by atoms with Crippen LogP contribution in [0.5, 0.6) is 0 Å². The zero-order chi connectivity index (χ0) is 11.1. The molecule has 0 aliphatic rings. The first-order chi connectivity index (χ1) is 7.25. The number of ether oxygens (including phenoxy) is 1. The Morgan fingerprint density at radius 1 is 1.33 bits per heavy atom. The third kappa shape index (κ3) is 3.97. The number of rotatable bonds is 7. The molecule has 0 amide bonds. The quantitative estimate of drug-likeness (QED) is 0.674. The van der Waals surface area contributed by atoms with Gasteiger partial charge < -0.3 is 14.6 Å². The minimum Gasteiger partial charge on any atom is -0.372 e. The fourth-order valence-corrected chi connectivity index (χ4v) is 1.19. The SMILES string of the molecule is CCCNCCOCc1nnc(C)n1C. The van der Waals surface area contributed by atoms with Gasteiger partial charge in [0, 0.05) is 13.6 Å². The molecule has 0 bridgehead atoms. The normalized spacial score (nSPS) is 10.9. The minimum absolute atomic E-state index is 0.533. The van der Waals surface area contributed by atoms with Gasteiger partial charge in [0.1, 0.15) is 12.4 Å². The molecule has 0 saturated heterocycles. The van der Waals surface area contributed by atoms with E-state index in [0.29, 0.717) is 13.2 Å². The van der Waals surface area contributed by atoms with Crippen LogP contribution in [-0.2, 0) is 18.4 Å². The molecule has 1 aromatic heterocycles. The van der Waals surface area contributed by atoms with Crippen molar-refractivity contribution in [2.75, 3.05) is 19.7 Å². The molecular weight excluding hydrogens is 192 g/mol. The molecule has 1 aromatic rings. The van der Waals surface area contributed by atoms with Crippen molar-refractivity contribution in [2.24, 2.45) is 7.05 Å². The van der Waals surface area contributed by atoms with E-state index in [4.69, 9.17) is 4.74 Å². The van der Waals surface area contributed by atoms with Gasteiger partial charge in [0.2, 0.25) is 0 Å². The summed E-state index contributed by atoms with van der Waals surface area (Å²) >= 11 is 0. The summed E-state index contributed by atoms with van der Waals surface area (Å²) in [5.74, 6) is 1.79. The lowest BCUT2D eigenvalue weighted by molar-refractivity contribution is 0.115. The predicted molar refractivity (Wildman–Crippen MR) is 58.6 cm³/mol. The highest BCUT2D eigenvalue weighted by molar-refractivity contribution is 4.90. The Hall–Kier alpha value is -0.940. The number of hydrogen-bond donors (Lipinski definition) is 1. The van der Waals surface area contributed by atoms with E-state index in [-0.39, 0.29) is 0 Å². The summed E-state index contributed by atoms with van der Waals surface area (Å²) < 4.78 is 7.42. The zero-order valence-corrected chi connectivity index (χ0v) is 9.79. The Labute approximate surface area is 90.8 Å². The molecule has 86 valence electrons. The summed E-state index contributed by atoms with van der Waals surface area (Å²) in [7, 11) is 1.95. The lowest BCUT2D eigenvalue weighted by atomic mass is 10.5. The Bertz CT molecular complexity index is 285. The summed E-state index contributed by atoms with van der Waals surface area (Å²) in [5.41, 5.74) is 0. The van der Waals surface area contributed by atoms with Crippen molar-refractivity contribution in [3.05, 3.63) is 11.6 Å². The Kier molecular flexibility index (Phi) is 5.28. The van der Waals surface area contributed by atoms with Crippen LogP contribution in [0.1, 0.15) is 25.0 Å². The van der Waals surface area contributed by atoms with E-state index < -0.39 is 0 Å². The average molecular weight is 212 g/mol. The van der Waals surface area contributed by atoms with Crippen LogP contribution in [0.2, 0.25) is 0 Å². The highest BCUT2D eigenvalue weighted by atomic mass is 16.5. The van der Waals surface area contributed by atoms with Crippen LogP contribution < -0.4 is 5.32 Å². The second-order valence-corrected chi connectivity index (χ2v) is 3.53. The molecule has 5 nitrogen and oxygen atoms in total. The third-order valence-electron chi connectivity index (χ3n) is 2.26. The van der Waals surface area contributed by atoms with Crippen molar-refractivity contribution in [3.63, 3.8) is 0 Å². The van der Waals surface area contributed by atoms with Crippen LogP contribution >= 0.6 is 0 Å². The fourth-order valence-electron chi connectivity index (χ4n) is 1.19. The van der Waals surface area contributed by atoms with Gasteiger partial charge in [-0.2, -0.15) is 0 Å². The van der Waals surface area contributed by atoms with Crippen LogP contribution in [0.3, 0.4) is 0 Å². The van der Waals surface area contributed by atoms with E-state index in [9.17, 15) is 0 Å². The van der Waals surface area contributed by atoms with Crippen molar-refractivity contribution in [1.82, 2.24) is 20.1 Å². The summed E-state index contributed by atoms with van der Waals surface area (Å²) in [5, 5.41) is 11.3. The van der Waals surface area contributed by atoms with Gasteiger partial charge in [-0.25, -0.2) is 0 Å². The van der Waals surface area contributed by atoms with Crippen LogP contribution in [0.15, 0.2) is 0 Å². The molecule has 0 aromatic carbocycles. The Morgan fingerprint density at radius 2 is 2.13 bits per heavy atom. The maximum absolute atomic E-state index is 5.47. The number of aryl methyl sites for hydroxylation is 1. The third-order valence-corrected chi connectivity index (χ3v) is 2.26. The molecule has 0 aliphatic heterocycles. The van der Waals surface area contributed by atoms with Gasteiger partial charge in [0.25, 0.3) is 0 Å². The summed E-state index contributed by atoms with van der Waals surface area (Å²) in [4.78, 5) is 0. The van der Waals surface area contributed by atoms with Crippen molar-refractivity contribution in [3.8, 4) is 0 Å². The maximum Gasteiger partial charge on any atom is 0.158 e. The molecule has 0 fully saturated rings. The topological polar surface area (TPSA) is 52.0 Å². The molecule has 1 rings (SSSR count). The highest BCUT2D eigenvalue weighted by Crippen LogP contribution is 1.98. The van der Waals surface area contributed by atoms with Crippen molar-refractivity contribution >= 4 is 0 Å². The zero-order valence-electron chi connectivity index (χ0n) is 9.79. The van der Waals surface area contributed by atoms with Crippen LogP contribution in [-0.4, -0.2) is 34.5 Å².